The highest BCUT2D eigenvalue weighted by Gasteiger charge is 2.10. The Hall–Kier alpha value is -2.47. The molecule has 1 atom stereocenters. The fourth-order valence-electron chi connectivity index (χ4n) is 2.15. The number of hydrogen-bond donors (Lipinski definition) is 2. The first kappa shape index (κ1) is 17.9. The van der Waals surface area contributed by atoms with Gasteiger partial charge in [-0.1, -0.05) is 31.2 Å². The number of rotatable bonds is 7. The van der Waals surface area contributed by atoms with E-state index in [9.17, 15) is 13.8 Å². The van der Waals surface area contributed by atoms with E-state index in [4.69, 9.17) is 5.11 Å². The highest BCUT2D eigenvalue weighted by Crippen LogP contribution is 2.11. The number of hydrogen-bond acceptors (Lipinski definition) is 3. The number of amides is 1. The number of carbonyl (C=O) groups is 2. The topological polar surface area (TPSA) is 83.5 Å². The third-order valence-electron chi connectivity index (χ3n) is 3.47. The summed E-state index contributed by atoms with van der Waals surface area (Å²) in [4.78, 5) is 22.7. The molecule has 1 unspecified atom stereocenters. The lowest BCUT2D eigenvalue weighted by Gasteiger charge is -2.06. The van der Waals surface area contributed by atoms with Crippen molar-refractivity contribution in [3.8, 4) is 0 Å². The summed E-state index contributed by atoms with van der Waals surface area (Å²) in [5.41, 5.74) is 2.78. The molecule has 0 fully saturated rings. The Bertz CT molecular complexity index is 739. The largest absolute Gasteiger partial charge is 0.478 e. The van der Waals surface area contributed by atoms with Crippen LogP contribution in [0.15, 0.2) is 48.5 Å². The van der Waals surface area contributed by atoms with E-state index in [0.717, 1.165) is 12.0 Å². The average Bonchev–Trinajstić information content (AvgIpc) is 2.55. The fraction of sp³-hybridized carbons (Fsp3) is 0.222. The van der Waals surface area contributed by atoms with E-state index in [1.54, 1.807) is 12.1 Å². The lowest BCUT2D eigenvalue weighted by molar-refractivity contribution is -0.113. The molecule has 5 nitrogen and oxygen atoms in total. The second-order valence-electron chi connectivity index (χ2n) is 5.33. The Morgan fingerprint density at radius 2 is 1.58 bits per heavy atom. The van der Waals surface area contributed by atoms with E-state index in [0.29, 0.717) is 5.69 Å². The van der Waals surface area contributed by atoms with Gasteiger partial charge in [-0.15, -0.1) is 0 Å². The molecular weight excluding hydrogens is 326 g/mol. The molecule has 6 heteroatoms. The van der Waals surface area contributed by atoms with Crippen LogP contribution >= 0.6 is 0 Å². The van der Waals surface area contributed by atoms with Crippen LogP contribution in [-0.4, -0.2) is 26.9 Å². The number of carbonyl (C=O) groups excluding carboxylic acids is 1. The molecule has 1 amide bonds. The standard InChI is InChI=1S/C18H19NO4S/c1-2-13-5-9-16(10-6-13)19-17(20)12-24(23)11-14-3-7-15(8-4-14)18(21)22/h3-10H,2,11-12H2,1H3,(H,19,20)(H,21,22). The van der Waals surface area contributed by atoms with Crippen LogP contribution in [0.2, 0.25) is 0 Å². The number of nitrogens with one attached hydrogen (secondary N) is 1. The molecule has 0 bridgehead atoms. The number of carboxylic acids is 1. The molecule has 126 valence electrons. The van der Waals surface area contributed by atoms with Crippen molar-refractivity contribution < 1.29 is 18.9 Å². The van der Waals surface area contributed by atoms with Gasteiger partial charge in [-0.25, -0.2) is 4.79 Å². The maximum absolute atomic E-state index is 12.1. The van der Waals surface area contributed by atoms with Crippen molar-refractivity contribution in [2.24, 2.45) is 0 Å². The van der Waals surface area contributed by atoms with E-state index >= 15 is 0 Å². The minimum atomic E-state index is -1.36. The zero-order valence-electron chi connectivity index (χ0n) is 13.3. The summed E-state index contributed by atoms with van der Waals surface area (Å²) in [7, 11) is -1.36. The van der Waals surface area contributed by atoms with Crippen molar-refractivity contribution in [2.75, 3.05) is 11.1 Å². The summed E-state index contributed by atoms with van der Waals surface area (Å²) >= 11 is 0. The van der Waals surface area contributed by atoms with Crippen LogP contribution in [0, 0.1) is 0 Å². The Morgan fingerprint density at radius 1 is 1.00 bits per heavy atom. The van der Waals surface area contributed by atoms with Crippen molar-refractivity contribution in [2.45, 2.75) is 19.1 Å². The second-order valence-corrected chi connectivity index (χ2v) is 6.79. The van der Waals surface area contributed by atoms with Gasteiger partial charge in [0, 0.05) is 22.2 Å². The Morgan fingerprint density at radius 3 is 2.12 bits per heavy atom. The number of aromatic carboxylic acids is 1. The number of anilines is 1. The Kier molecular flexibility index (Phi) is 6.26. The Balaban J connectivity index is 1.86. The quantitative estimate of drug-likeness (QED) is 0.808. The van der Waals surface area contributed by atoms with Crippen molar-refractivity contribution in [3.05, 3.63) is 65.2 Å². The summed E-state index contributed by atoms with van der Waals surface area (Å²) in [6.07, 6.45) is 0.929. The fourth-order valence-corrected chi connectivity index (χ4v) is 3.18. The second kappa shape index (κ2) is 8.40. The molecule has 0 aromatic heterocycles. The Labute approximate surface area is 143 Å². The molecule has 2 rings (SSSR count). The minimum absolute atomic E-state index is 0.101. The first-order chi connectivity index (χ1) is 11.5. The first-order valence-electron chi connectivity index (χ1n) is 7.54. The molecule has 0 saturated carbocycles. The lowest BCUT2D eigenvalue weighted by atomic mass is 10.1. The molecule has 24 heavy (non-hydrogen) atoms. The zero-order chi connectivity index (χ0) is 17.5. The van der Waals surface area contributed by atoms with Crippen LogP contribution in [0.5, 0.6) is 0 Å². The third kappa shape index (κ3) is 5.31. The SMILES string of the molecule is CCc1ccc(NC(=O)CS(=O)Cc2ccc(C(=O)O)cc2)cc1. The van der Waals surface area contributed by atoms with Gasteiger partial charge in [0.25, 0.3) is 0 Å². The van der Waals surface area contributed by atoms with Gasteiger partial charge in [0.15, 0.2) is 0 Å². The van der Waals surface area contributed by atoms with Crippen LogP contribution in [0.4, 0.5) is 5.69 Å². The van der Waals surface area contributed by atoms with Crippen molar-refractivity contribution >= 4 is 28.4 Å². The summed E-state index contributed by atoms with van der Waals surface area (Å²) in [5, 5.41) is 11.6. The predicted octanol–water partition coefficient (Wildman–Crippen LogP) is 2.83. The van der Waals surface area contributed by atoms with E-state index in [-0.39, 0.29) is 23.0 Å². The van der Waals surface area contributed by atoms with Gasteiger partial charge in [-0.05, 0) is 41.8 Å². The number of carboxylic acid groups (broad SMARTS) is 1. The van der Waals surface area contributed by atoms with Gasteiger partial charge in [0.05, 0.1) is 5.56 Å². The molecule has 0 radical (unpaired) electrons. The van der Waals surface area contributed by atoms with Crippen LogP contribution < -0.4 is 5.32 Å². The molecule has 0 saturated heterocycles. The first-order valence-corrected chi connectivity index (χ1v) is 9.02. The molecule has 0 spiro atoms. The molecule has 2 aromatic rings. The van der Waals surface area contributed by atoms with E-state index in [1.807, 2.05) is 24.3 Å². The molecule has 0 aliphatic carbocycles. The highest BCUT2D eigenvalue weighted by atomic mass is 32.2. The predicted molar refractivity (Wildman–Crippen MR) is 94.6 cm³/mol. The minimum Gasteiger partial charge on any atom is -0.478 e. The summed E-state index contributed by atoms with van der Waals surface area (Å²) in [6.45, 7) is 2.06. The summed E-state index contributed by atoms with van der Waals surface area (Å²) in [6, 6.07) is 13.7. The number of benzene rings is 2. The molecule has 0 aliphatic heterocycles. The van der Waals surface area contributed by atoms with Crippen LogP contribution in [-0.2, 0) is 27.8 Å². The zero-order valence-corrected chi connectivity index (χ0v) is 14.1. The summed E-state index contributed by atoms with van der Waals surface area (Å²) in [5.74, 6) is -1.20. The maximum atomic E-state index is 12.1. The molecule has 2 aromatic carbocycles. The van der Waals surface area contributed by atoms with Gasteiger partial charge >= 0.3 is 5.97 Å². The molecule has 2 N–H and O–H groups in total. The van der Waals surface area contributed by atoms with E-state index < -0.39 is 16.8 Å². The van der Waals surface area contributed by atoms with Crippen molar-refractivity contribution in [1.29, 1.82) is 0 Å². The van der Waals surface area contributed by atoms with Crippen LogP contribution in [0.3, 0.4) is 0 Å². The van der Waals surface area contributed by atoms with Gasteiger partial charge in [-0.3, -0.25) is 9.00 Å². The molecule has 0 heterocycles. The van der Waals surface area contributed by atoms with Gasteiger partial charge < -0.3 is 10.4 Å². The van der Waals surface area contributed by atoms with E-state index in [2.05, 4.69) is 12.2 Å². The normalized spacial score (nSPS) is 11.7. The maximum Gasteiger partial charge on any atom is 0.335 e. The monoisotopic (exact) mass is 345 g/mol. The smallest absolute Gasteiger partial charge is 0.335 e. The van der Waals surface area contributed by atoms with Crippen LogP contribution in [0.1, 0.15) is 28.4 Å². The van der Waals surface area contributed by atoms with Gasteiger partial charge in [-0.2, -0.15) is 0 Å². The number of aryl methyl sites for hydroxylation is 1. The van der Waals surface area contributed by atoms with Crippen molar-refractivity contribution in [3.63, 3.8) is 0 Å². The highest BCUT2D eigenvalue weighted by molar-refractivity contribution is 7.84. The van der Waals surface area contributed by atoms with Gasteiger partial charge in [0.2, 0.25) is 5.91 Å². The molecule has 0 aliphatic rings. The summed E-state index contributed by atoms with van der Waals surface area (Å²) < 4.78 is 12.1. The lowest BCUT2D eigenvalue weighted by Crippen LogP contribution is -2.20. The average molecular weight is 345 g/mol. The van der Waals surface area contributed by atoms with Crippen LogP contribution in [0.25, 0.3) is 0 Å². The molecular formula is C18H19NO4S. The third-order valence-corrected chi connectivity index (χ3v) is 4.71. The van der Waals surface area contributed by atoms with E-state index in [1.165, 1.54) is 17.7 Å². The van der Waals surface area contributed by atoms with Crippen molar-refractivity contribution in [1.82, 2.24) is 0 Å². The van der Waals surface area contributed by atoms with Gasteiger partial charge in [0.1, 0.15) is 5.75 Å².